The summed E-state index contributed by atoms with van der Waals surface area (Å²) in [7, 11) is 0. The summed E-state index contributed by atoms with van der Waals surface area (Å²) in [5.41, 5.74) is -0.890. The van der Waals surface area contributed by atoms with Gasteiger partial charge in [-0.25, -0.2) is 0 Å². The molecule has 1 aliphatic heterocycles. The minimum atomic E-state index is -4.21. The summed E-state index contributed by atoms with van der Waals surface area (Å²) in [6.45, 7) is 0.145. The van der Waals surface area contributed by atoms with Gasteiger partial charge in [0.25, 0.3) is 0 Å². The van der Waals surface area contributed by atoms with E-state index in [1.54, 1.807) is 11.8 Å². The molecule has 116 valence electrons. The van der Waals surface area contributed by atoms with Crippen LogP contribution in [0.15, 0.2) is 0 Å². The van der Waals surface area contributed by atoms with Crippen molar-refractivity contribution < 1.29 is 23.1 Å². The maximum absolute atomic E-state index is 12.7. The van der Waals surface area contributed by atoms with Crippen LogP contribution in [-0.4, -0.2) is 40.8 Å². The number of aliphatic hydroxyl groups is 1. The highest BCUT2D eigenvalue weighted by molar-refractivity contribution is 7.99. The first kappa shape index (κ1) is 15.9. The molecule has 20 heavy (non-hydrogen) atoms. The molecule has 0 radical (unpaired) electrons. The van der Waals surface area contributed by atoms with E-state index in [1.807, 2.05) is 0 Å². The molecule has 0 aromatic carbocycles. The molecule has 1 aliphatic carbocycles. The molecule has 2 fully saturated rings. The second-order valence-corrected chi connectivity index (χ2v) is 6.95. The second kappa shape index (κ2) is 6.13. The Morgan fingerprint density at radius 3 is 2.75 bits per heavy atom. The number of hydrogen-bond donors (Lipinski definition) is 2. The van der Waals surface area contributed by atoms with Crippen LogP contribution >= 0.6 is 11.8 Å². The van der Waals surface area contributed by atoms with Gasteiger partial charge in [0.05, 0.1) is 11.5 Å². The van der Waals surface area contributed by atoms with Gasteiger partial charge in [-0.05, 0) is 31.4 Å². The average Bonchev–Trinajstić information content (AvgIpc) is 2.83. The van der Waals surface area contributed by atoms with E-state index in [-0.39, 0.29) is 25.3 Å². The predicted octanol–water partition coefficient (Wildman–Crippen LogP) is 2.34. The fourth-order valence-electron chi connectivity index (χ4n) is 2.86. The van der Waals surface area contributed by atoms with Crippen molar-refractivity contribution in [3.63, 3.8) is 0 Å². The average molecular weight is 311 g/mol. The molecule has 0 spiro atoms. The normalized spacial score (nSPS) is 35.0. The van der Waals surface area contributed by atoms with Crippen molar-refractivity contribution >= 4 is 17.7 Å². The zero-order chi connectivity index (χ0) is 14.8. The van der Waals surface area contributed by atoms with Gasteiger partial charge in [-0.3, -0.25) is 4.79 Å². The zero-order valence-corrected chi connectivity index (χ0v) is 12.0. The summed E-state index contributed by atoms with van der Waals surface area (Å²) in [6, 6.07) is 0. The Labute approximate surface area is 120 Å². The van der Waals surface area contributed by atoms with Gasteiger partial charge in [-0.1, -0.05) is 6.42 Å². The van der Waals surface area contributed by atoms with Crippen molar-refractivity contribution in [2.24, 2.45) is 11.8 Å². The van der Waals surface area contributed by atoms with Crippen molar-refractivity contribution in [3.05, 3.63) is 0 Å². The highest BCUT2D eigenvalue weighted by atomic mass is 32.2. The highest BCUT2D eigenvalue weighted by Gasteiger charge is 2.43. The SMILES string of the molecule is O=C(NCC1(O)CCSC1)C1CCCC(C(F)(F)F)C1. The Hall–Kier alpha value is -0.430. The fourth-order valence-corrected chi connectivity index (χ4v) is 4.15. The molecular weight excluding hydrogens is 291 g/mol. The van der Waals surface area contributed by atoms with E-state index in [9.17, 15) is 23.1 Å². The van der Waals surface area contributed by atoms with Crippen LogP contribution < -0.4 is 5.32 Å². The van der Waals surface area contributed by atoms with E-state index in [4.69, 9.17) is 0 Å². The van der Waals surface area contributed by atoms with Gasteiger partial charge in [0.2, 0.25) is 5.91 Å². The summed E-state index contributed by atoms with van der Waals surface area (Å²) in [4.78, 5) is 12.0. The standard InChI is InChI=1S/C13H20F3NO2S/c14-13(15,16)10-3-1-2-9(6-10)11(18)17-7-12(19)4-5-20-8-12/h9-10,19H,1-8H2,(H,17,18). The minimum absolute atomic E-state index is 0.119. The molecule has 0 aromatic heterocycles. The molecule has 2 rings (SSSR count). The van der Waals surface area contributed by atoms with E-state index in [2.05, 4.69) is 5.32 Å². The summed E-state index contributed by atoms with van der Waals surface area (Å²) in [6.07, 6.45) is -2.66. The molecule has 7 heteroatoms. The molecule has 0 bridgehead atoms. The van der Waals surface area contributed by atoms with Crippen molar-refractivity contribution in [2.75, 3.05) is 18.1 Å². The molecule has 2 aliphatic rings. The quantitative estimate of drug-likeness (QED) is 0.841. The second-order valence-electron chi connectivity index (χ2n) is 5.85. The van der Waals surface area contributed by atoms with E-state index in [0.29, 0.717) is 25.0 Å². The third-order valence-electron chi connectivity index (χ3n) is 4.18. The molecule has 1 heterocycles. The van der Waals surface area contributed by atoms with Crippen LogP contribution in [0.3, 0.4) is 0 Å². The maximum Gasteiger partial charge on any atom is 0.391 e. The number of hydrogen-bond acceptors (Lipinski definition) is 3. The van der Waals surface area contributed by atoms with Gasteiger partial charge in [-0.15, -0.1) is 0 Å². The largest absolute Gasteiger partial charge is 0.391 e. The molecule has 3 unspecified atom stereocenters. The number of carbonyl (C=O) groups excluding carboxylic acids is 1. The van der Waals surface area contributed by atoms with Crippen LogP contribution in [0.25, 0.3) is 0 Å². The smallest absolute Gasteiger partial charge is 0.387 e. The van der Waals surface area contributed by atoms with Crippen LogP contribution in [0.1, 0.15) is 32.1 Å². The van der Waals surface area contributed by atoms with Crippen LogP contribution in [0, 0.1) is 11.8 Å². The number of amides is 1. The number of thioether (sulfide) groups is 1. The van der Waals surface area contributed by atoms with Crippen LogP contribution in [0.4, 0.5) is 13.2 Å². The van der Waals surface area contributed by atoms with Gasteiger partial charge in [0.1, 0.15) is 0 Å². The lowest BCUT2D eigenvalue weighted by atomic mass is 9.80. The topological polar surface area (TPSA) is 49.3 Å². The van der Waals surface area contributed by atoms with Crippen molar-refractivity contribution in [1.82, 2.24) is 5.32 Å². The number of carbonyl (C=O) groups is 1. The van der Waals surface area contributed by atoms with Gasteiger partial charge in [0, 0.05) is 18.2 Å². The van der Waals surface area contributed by atoms with Crippen molar-refractivity contribution in [2.45, 2.75) is 43.9 Å². The van der Waals surface area contributed by atoms with Crippen LogP contribution in [0.5, 0.6) is 0 Å². The number of alkyl halides is 3. The zero-order valence-electron chi connectivity index (χ0n) is 11.2. The molecule has 1 amide bonds. The van der Waals surface area contributed by atoms with E-state index >= 15 is 0 Å². The summed E-state index contributed by atoms with van der Waals surface area (Å²) in [5.74, 6) is -0.857. The molecule has 0 aromatic rings. The Kier molecular flexibility index (Phi) is 4.89. The first-order valence-corrected chi connectivity index (χ1v) is 8.10. The Morgan fingerprint density at radius 2 is 2.15 bits per heavy atom. The third kappa shape index (κ3) is 4.04. The lowest BCUT2D eigenvalue weighted by Gasteiger charge is -2.30. The predicted molar refractivity (Wildman–Crippen MR) is 71.4 cm³/mol. The minimum Gasteiger partial charge on any atom is -0.387 e. The van der Waals surface area contributed by atoms with Crippen LogP contribution in [0.2, 0.25) is 0 Å². The maximum atomic E-state index is 12.7. The number of nitrogens with one attached hydrogen (secondary N) is 1. The lowest BCUT2D eigenvalue weighted by Crippen LogP contribution is -2.46. The third-order valence-corrected chi connectivity index (χ3v) is 5.42. The molecule has 1 saturated carbocycles. The molecular formula is C13H20F3NO2S. The molecule has 2 N–H and O–H groups in total. The van der Waals surface area contributed by atoms with E-state index < -0.39 is 23.6 Å². The summed E-state index contributed by atoms with van der Waals surface area (Å²) in [5, 5.41) is 12.7. The molecule has 1 saturated heterocycles. The molecule has 3 atom stereocenters. The van der Waals surface area contributed by atoms with Crippen LogP contribution in [-0.2, 0) is 4.79 Å². The van der Waals surface area contributed by atoms with E-state index in [1.165, 1.54) is 0 Å². The van der Waals surface area contributed by atoms with Crippen molar-refractivity contribution in [3.8, 4) is 0 Å². The summed E-state index contributed by atoms with van der Waals surface area (Å²) >= 11 is 1.62. The fraction of sp³-hybridized carbons (Fsp3) is 0.923. The highest BCUT2D eigenvalue weighted by Crippen LogP contribution is 2.40. The first-order chi connectivity index (χ1) is 9.30. The summed E-state index contributed by atoms with van der Waals surface area (Å²) < 4.78 is 38.1. The Bertz CT molecular complexity index is 356. The number of rotatable bonds is 3. The Morgan fingerprint density at radius 1 is 1.40 bits per heavy atom. The molecule has 3 nitrogen and oxygen atoms in total. The Balaban J connectivity index is 1.83. The van der Waals surface area contributed by atoms with Crippen molar-refractivity contribution in [1.29, 1.82) is 0 Å². The monoisotopic (exact) mass is 311 g/mol. The first-order valence-electron chi connectivity index (χ1n) is 6.95. The van der Waals surface area contributed by atoms with Gasteiger partial charge < -0.3 is 10.4 Å². The number of halogens is 3. The van der Waals surface area contributed by atoms with Gasteiger partial charge in [0.15, 0.2) is 0 Å². The van der Waals surface area contributed by atoms with Gasteiger partial charge >= 0.3 is 6.18 Å². The van der Waals surface area contributed by atoms with E-state index in [0.717, 1.165) is 5.75 Å². The lowest BCUT2D eigenvalue weighted by molar-refractivity contribution is -0.186. The van der Waals surface area contributed by atoms with Gasteiger partial charge in [-0.2, -0.15) is 24.9 Å².